The van der Waals surface area contributed by atoms with E-state index in [-0.39, 0.29) is 0 Å². The standard InChI is InChI=1S/C23H28N4O3/c1-16-13-17(2)25-22(14-16)26-23(28)30-21-7-8-24-20-15-18(5-6-19(20)21)29-12-11-27-9-3-4-10-27/h5-8,13-15,23,28H,3-4,9-12H2,1-2H3,(H,25,26). The number of nitrogens with zero attached hydrogens (tertiary/aromatic N) is 3. The molecule has 1 aliphatic heterocycles. The zero-order valence-corrected chi connectivity index (χ0v) is 17.5. The first-order valence-corrected chi connectivity index (χ1v) is 10.4. The number of hydrogen-bond donors (Lipinski definition) is 2. The normalized spacial score (nSPS) is 15.3. The Kier molecular flexibility index (Phi) is 6.30. The summed E-state index contributed by atoms with van der Waals surface area (Å²) in [6.45, 7) is 7.82. The predicted octanol–water partition coefficient (Wildman–Crippen LogP) is 3.49. The topological polar surface area (TPSA) is 79.7 Å². The molecule has 30 heavy (non-hydrogen) atoms. The monoisotopic (exact) mass is 408 g/mol. The number of aliphatic hydroxyl groups excluding tert-OH is 1. The molecule has 2 aromatic heterocycles. The Balaban J connectivity index is 1.41. The van der Waals surface area contributed by atoms with Gasteiger partial charge < -0.3 is 19.9 Å². The van der Waals surface area contributed by atoms with Crippen LogP contribution < -0.4 is 14.8 Å². The zero-order valence-electron chi connectivity index (χ0n) is 17.5. The number of rotatable bonds is 8. The van der Waals surface area contributed by atoms with E-state index in [9.17, 15) is 5.11 Å². The number of nitrogens with one attached hydrogen (secondary N) is 1. The second kappa shape index (κ2) is 9.28. The molecule has 1 atom stereocenters. The Morgan fingerprint density at radius 2 is 1.97 bits per heavy atom. The second-order valence-electron chi connectivity index (χ2n) is 7.67. The molecule has 3 aromatic rings. The molecular formula is C23H28N4O3. The smallest absolute Gasteiger partial charge is 0.280 e. The summed E-state index contributed by atoms with van der Waals surface area (Å²) in [4.78, 5) is 11.2. The molecule has 4 rings (SSSR count). The van der Waals surface area contributed by atoms with Crippen molar-refractivity contribution in [1.29, 1.82) is 0 Å². The third kappa shape index (κ3) is 5.17. The SMILES string of the molecule is Cc1cc(C)nc(NC(O)Oc2ccnc3cc(OCCN4CCCC4)ccc23)c1. The number of fused-ring (bicyclic) bond motifs is 1. The maximum atomic E-state index is 10.3. The van der Waals surface area contributed by atoms with Gasteiger partial charge in [-0.05, 0) is 75.7 Å². The van der Waals surface area contributed by atoms with E-state index in [0.717, 1.165) is 47.5 Å². The fraction of sp³-hybridized carbons (Fsp3) is 0.391. The largest absolute Gasteiger partial charge is 0.492 e. The summed E-state index contributed by atoms with van der Waals surface area (Å²) in [5.74, 6) is 1.88. The van der Waals surface area contributed by atoms with Gasteiger partial charge in [0.05, 0.1) is 5.52 Å². The van der Waals surface area contributed by atoms with Crippen LogP contribution in [-0.2, 0) is 0 Å². The average Bonchev–Trinajstić information content (AvgIpc) is 3.20. The molecule has 2 N–H and O–H groups in total. The van der Waals surface area contributed by atoms with Crippen molar-refractivity contribution in [1.82, 2.24) is 14.9 Å². The molecule has 3 heterocycles. The number of pyridine rings is 2. The molecule has 0 radical (unpaired) electrons. The minimum absolute atomic E-state index is 0.535. The lowest BCUT2D eigenvalue weighted by molar-refractivity contribution is 0.00857. The molecule has 1 aromatic carbocycles. The van der Waals surface area contributed by atoms with E-state index in [4.69, 9.17) is 9.47 Å². The van der Waals surface area contributed by atoms with E-state index in [0.29, 0.717) is 18.2 Å². The van der Waals surface area contributed by atoms with Crippen LogP contribution in [0.2, 0.25) is 0 Å². The highest BCUT2D eigenvalue weighted by Crippen LogP contribution is 2.28. The van der Waals surface area contributed by atoms with Crippen molar-refractivity contribution in [2.75, 3.05) is 31.6 Å². The fourth-order valence-electron chi connectivity index (χ4n) is 3.78. The predicted molar refractivity (Wildman–Crippen MR) is 117 cm³/mol. The Morgan fingerprint density at radius 3 is 2.77 bits per heavy atom. The van der Waals surface area contributed by atoms with Crippen molar-refractivity contribution in [2.45, 2.75) is 33.1 Å². The Morgan fingerprint density at radius 1 is 1.13 bits per heavy atom. The van der Waals surface area contributed by atoms with Crippen LogP contribution in [-0.4, -0.2) is 52.6 Å². The Hall–Kier alpha value is -2.90. The third-order valence-electron chi connectivity index (χ3n) is 5.16. The number of ether oxygens (including phenoxy) is 2. The summed E-state index contributed by atoms with van der Waals surface area (Å²) in [7, 11) is 0. The van der Waals surface area contributed by atoms with Gasteiger partial charge in [0, 0.05) is 29.9 Å². The second-order valence-corrected chi connectivity index (χ2v) is 7.67. The minimum Gasteiger partial charge on any atom is -0.492 e. The van der Waals surface area contributed by atoms with E-state index in [1.807, 2.05) is 44.2 Å². The highest BCUT2D eigenvalue weighted by atomic mass is 16.6. The van der Waals surface area contributed by atoms with Crippen LogP contribution in [0.15, 0.2) is 42.6 Å². The quantitative estimate of drug-likeness (QED) is 0.552. The lowest BCUT2D eigenvalue weighted by Crippen LogP contribution is -2.26. The van der Waals surface area contributed by atoms with Gasteiger partial charge in [0.15, 0.2) is 0 Å². The highest BCUT2D eigenvalue weighted by molar-refractivity contribution is 5.86. The maximum Gasteiger partial charge on any atom is 0.280 e. The fourth-order valence-corrected chi connectivity index (χ4v) is 3.78. The number of likely N-dealkylation sites (tertiary alicyclic amines) is 1. The van der Waals surface area contributed by atoms with Gasteiger partial charge >= 0.3 is 0 Å². The molecule has 1 unspecified atom stereocenters. The first-order chi connectivity index (χ1) is 14.6. The number of aryl methyl sites for hydroxylation is 2. The summed E-state index contributed by atoms with van der Waals surface area (Å²) in [5, 5.41) is 14.0. The van der Waals surface area contributed by atoms with Crippen molar-refractivity contribution in [3.63, 3.8) is 0 Å². The number of anilines is 1. The molecule has 1 aliphatic rings. The first kappa shape index (κ1) is 20.4. The number of hydrogen-bond acceptors (Lipinski definition) is 7. The summed E-state index contributed by atoms with van der Waals surface area (Å²) in [5.41, 5.74) is 2.68. The van der Waals surface area contributed by atoms with E-state index < -0.39 is 6.41 Å². The number of aromatic nitrogens is 2. The van der Waals surface area contributed by atoms with Crippen LogP contribution in [0.25, 0.3) is 10.9 Å². The average molecular weight is 409 g/mol. The molecular weight excluding hydrogens is 380 g/mol. The minimum atomic E-state index is -1.24. The van der Waals surface area contributed by atoms with Gasteiger partial charge in [0.1, 0.15) is 23.9 Å². The molecule has 0 amide bonds. The molecule has 0 spiro atoms. The van der Waals surface area contributed by atoms with Gasteiger partial charge in [-0.3, -0.25) is 9.88 Å². The summed E-state index contributed by atoms with van der Waals surface area (Å²) in [6.07, 6.45) is 2.99. The van der Waals surface area contributed by atoms with Crippen molar-refractivity contribution >= 4 is 16.7 Å². The lowest BCUT2D eigenvalue weighted by atomic mass is 10.2. The van der Waals surface area contributed by atoms with E-state index in [1.165, 1.54) is 12.8 Å². The molecule has 7 heteroatoms. The molecule has 0 saturated carbocycles. The Bertz CT molecular complexity index is 985. The summed E-state index contributed by atoms with van der Waals surface area (Å²) in [6, 6.07) is 11.3. The van der Waals surface area contributed by atoms with E-state index in [1.54, 1.807) is 12.3 Å². The molecule has 0 bridgehead atoms. The van der Waals surface area contributed by atoms with Crippen LogP contribution in [0.1, 0.15) is 24.1 Å². The van der Waals surface area contributed by atoms with Gasteiger partial charge in [-0.25, -0.2) is 4.98 Å². The molecule has 158 valence electrons. The third-order valence-corrected chi connectivity index (χ3v) is 5.16. The van der Waals surface area contributed by atoms with Gasteiger partial charge in [-0.2, -0.15) is 0 Å². The lowest BCUT2D eigenvalue weighted by Gasteiger charge is -2.17. The molecule has 0 aliphatic carbocycles. The highest BCUT2D eigenvalue weighted by Gasteiger charge is 2.13. The van der Waals surface area contributed by atoms with E-state index in [2.05, 4.69) is 20.2 Å². The first-order valence-electron chi connectivity index (χ1n) is 10.4. The summed E-state index contributed by atoms with van der Waals surface area (Å²) < 4.78 is 11.6. The van der Waals surface area contributed by atoms with E-state index >= 15 is 0 Å². The maximum absolute atomic E-state index is 10.3. The molecule has 1 saturated heterocycles. The van der Waals surface area contributed by atoms with Crippen molar-refractivity contribution in [3.05, 3.63) is 53.9 Å². The van der Waals surface area contributed by atoms with Crippen LogP contribution >= 0.6 is 0 Å². The number of aliphatic hydroxyl groups is 1. The van der Waals surface area contributed by atoms with Crippen LogP contribution in [0.3, 0.4) is 0 Å². The molecule has 1 fully saturated rings. The van der Waals surface area contributed by atoms with Crippen LogP contribution in [0, 0.1) is 13.8 Å². The zero-order chi connectivity index (χ0) is 20.9. The van der Waals surface area contributed by atoms with Crippen LogP contribution in [0.4, 0.5) is 5.82 Å². The number of benzene rings is 1. The van der Waals surface area contributed by atoms with Crippen LogP contribution in [0.5, 0.6) is 11.5 Å². The van der Waals surface area contributed by atoms with Gasteiger partial charge in [0.25, 0.3) is 6.41 Å². The van der Waals surface area contributed by atoms with Crippen molar-refractivity contribution in [3.8, 4) is 11.5 Å². The Labute approximate surface area is 176 Å². The van der Waals surface area contributed by atoms with Crippen molar-refractivity contribution in [2.24, 2.45) is 0 Å². The van der Waals surface area contributed by atoms with Gasteiger partial charge in [0.2, 0.25) is 0 Å². The summed E-state index contributed by atoms with van der Waals surface area (Å²) >= 11 is 0. The van der Waals surface area contributed by atoms with Gasteiger partial charge in [-0.1, -0.05) is 0 Å². The van der Waals surface area contributed by atoms with Crippen molar-refractivity contribution < 1.29 is 14.6 Å². The molecule has 7 nitrogen and oxygen atoms in total. The van der Waals surface area contributed by atoms with Gasteiger partial charge in [-0.15, -0.1) is 0 Å².